The minimum atomic E-state index is -0.755. The van der Waals surface area contributed by atoms with E-state index in [1.807, 2.05) is 24.3 Å². The molecule has 2 N–H and O–H groups in total. The van der Waals surface area contributed by atoms with E-state index in [1.54, 1.807) is 7.11 Å². The minimum absolute atomic E-state index is 0.0262. The average molecular weight is 331 g/mol. The average Bonchev–Trinajstić information content (AvgIpc) is 3.25. The highest BCUT2D eigenvalue weighted by molar-refractivity contribution is 5.89. The fraction of sp³-hybridized carbons (Fsp3) is 0.579. The number of carbonyl (C=O) groups excluding carboxylic acids is 1. The molecule has 0 saturated heterocycles. The molecule has 5 heteroatoms. The molecule has 2 atom stereocenters. The van der Waals surface area contributed by atoms with Crippen molar-refractivity contribution in [1.82, 2.24) is 5.32 Å². The van der Waals surface area contributed by atoms with Crippen molar-refractivity contribution in [2.24, 2.45) is 5.92 Å². The number of carboxylic acids is 1. The number of carbonyl (C=O) groups is 2. The topological polar surface area (TPSA) is 75.6 Å². The van der Waals surface area contributed by atoms with E-state index in [2.05, 4.69) is 5.32 Å². The molecular formula is C19H25NO4. The Balaban J connectivity index is 1.78. The van der Waals surface area contributed by atoms with Crippen molar-refractivity contribution in [2.75, 3.05) is 7.11 Å². The number of methoxy groups -OCH3 is 1. The fourth-order valence-corrected chi connectivity index (χ4v) is 4.21. The zero-order valence-corrected chi connectivity index (χ0v) is 14.1. The van der Waals surface area contributed by atoms with Gasteiger partial charge < -0.3 is 15.2 Å². The van der Waals surface area contributed by atoms with Crippen molar-refractivity contribution in [3.63, 3.8) is 0 Å². The van der Waals surface area contributed by atoms with Crippen LogP contribution in [0.2, 0.25) is 0 Å². The van der Waals surface area contributed by atoms with Gasteiger partial charge in [0.2, 0.25) is 5.91 Å². The number of hydrogen-bond donors (Lipinski definition) is 2. The predicted octanol–water partition coefficient (Wildman–Crippen LogP) is 2.88. The van der Waals surface area contributed by atoms with Gasteiger partial charge in [0.05, 0.1) is 18.4 Å². The first-order valence-corrected chi connectivity index (χ1v) is 8.73. The number of ether oxygens (including phenoxy) is 1. The van der Waals surface area contributed by atoms with Crippen LogP contribution in [-0.2, 0) is 15.0 Å². The lowest BCUT2D eigenvalue weighted by molar-refractivity contribution is -0.141. The molecule has 130 valence electrons. The number of aliphatic carboxylic acids is 1. The monoisotopic (exact) mass is 331 g/mol. The van der Waals surface area contributed by atoms with Crippen molar-refractivity contribution < 1.29 is 19.4 Å². The van der Waals surface area contributed by atoms with E-state index >= 15 is 0 Å². The number of amides is 1. The second kappa shape index (κ2) is 6.83. The van der Waals surface area contributed by atoms with Gasteiger partial charge in [-0.1, -0.05) is 25.0 Å². The zero-order chi connectivity index (χ0) is 17.2. The summed E-state index contributed by atoms with van der Waals surface area (Å²) in [6.45, 7) is 0. The molecule has 3 rings (SSSR count). The Kier molecular flexibility index (Phi) is 4.78. The zero-order valence-electron chi connectivity index (χ0n) is 14.1. The van der Waals surface area contributed by atoms with Crippen molar-refractivity contribution in [3.05, 3.63) is 29.8 Å². The van der Waals surface area contributed by atoms with Crippen molar-refractivity contribution in [3.8, 4) is 5.75 Å². The van der Waals surface area contributed by atoms with Gasteiger partial charge in [0.1, 0.15) is 5.75 Å². The number of hydrogen-bond acceptors (Lipinski definition) is 3. The number of nitrogens with one attached hydrogen (secondary N) is 1. The highest BCUT2D eigenvalue weighted by Crippen LogP contribution is 2.42. The second-order valence-corrected chi connectivity index (χ2v) is 7.04. The van der Waals surface area contributed by atoms with Crippen LogP contribution in [0.1, 0.15) is 50.5 Å². The van der Waals surface area contributed by atoms with Crippen LogP contribution in [0.3, 0.4) is 0 Å². The Morgan fingerprint density at radius 1 is 1.25 bits per heavy atom. The van der Waals surface area contributed by atoms with E-state index in [1.165, 1.54) is 0 Å². The van der Waals surface area contributed by atoms with Gasteiger partial charge in [-0.05, 0) is 49.8 Å². The van der Waals surface area contributed by atoms with Gasteiger partial charge in [-0.15, -0.1) is 0 Å². The first-order chi connectivity index (χ1) is 11.5. The van der Waals surface area contributed by atoms with Crippen molar-refractivity contribution in [1.29, 1.82) is 0 Å². The molecule has 0 aromatic heterocycles. The van der Waals surface area contributed by atoms with E-state index in [-0.39, 0.29) is 17.9 Å². The van der Waals surface area contributed by atoms with Gasteiger partial charge in [0.25, 0.3) is 0 Å². The Labute approximate surface area is 142 Å². The minimum Gasteiger partial charge on any atom is -0.497 e. The Morgan fingerprint density at radius 2 is 2.00 bits per heavy atom. The summed E-state index contributed by atoms with van der Waals surface area (Å²) in [4.78, 5) is 24.2. The van der Waals surface area contributed by atoms with Gasteiger partial charge in [0.15, 0.2) is 0 Å². The molecule has 24 heavy (non-hydrogen) atoms. The van der Waals surface area contributed by atoms with Crippen LogP contribution in [0.5, 0.6) is 5.75 Å². The van der Waals surface area contributed by atoms with Crippen LogP contribution < -0.4 is 10.1 Å². The normalized spacial score (nSPS) is 25.4. The molecule has 1 amide bonds. The molecule has 0 spiro atoms. The lowest BCUT2D eigenvalue weighted by atomic mass is 9.77. The summed E-state index contributed by atoms with van der Waals surface area (Å²) in [6, 6.07) is 7.75. The van der Waals surface area contributed by atoms with Crippen LogP contribution in [0.25, 0.3) is 0 Å². The maximum absolute atomic E-state index is 13.1. The summed E-state index contributed by atoms with van der Waals surface area (Å²) in [7, 11) is 1.63. The number of rotatable bonds is 5. The molecule has 2 aliphatic rings. The highest BCUT2D eigenvalue weighted by Gasteiger charge is 2.44. The quantitative estimate of drug-likeness (QED) is 0.870. The molecule has 2 saturated carbocycles. The lowest BCUT2D eigenvalue weighted by Crippen LogP contribution is -2.46. The predicted molar refractivity (Wildman–Crippen MR) is 90.0 cm³/mol. The molecule has 0 radical (unpaired) electrons. The first-order valence-electron chi connectivity index (χ1n) is 8.73. The molecule has 2 fully saturated rings. The van der Waals surface area contributed by atoms with E-state index in [0.29, 0.717) is 12.8 Å². The smallest absolute Gasteiger partial charge is 0.306 e. The van der Waals surface area contributed by atoms with Crippen LogP contribution in [0.15, 0.2) is 24.3 Å². The molecular weight excluding hydrogens is 306 g/mol. The molecule has 0 heterocycles. The van der Waals surface area contributed by atoms with Gasteiger partial charge in [-0.3, -0.25) is 9.59 Å². The van der Waals surface area contributed by atoms with Gasteiger partial charge in [-0.25, -0.2) is 0 Å². The number of carboxylic acid groups (broad SMARTS) is 1. The van der Waals surface area contributed by atoms with E-state index in [9.17, 15) is 9.59 Å². The summed E-state index contributed by atoms with van der Waals surface area (Å²) in [6.07, 6.45) is 5.67. The second-order valence-electron chi connectivity index (χ2n) is 7.04. The summed E-state index contributed by atoms with van der Waals surface area (Å²) in [5.74, 6) is -0.274. The first kappa shape index (κ1) is 16.8. The SMILES string of the molecule is COc1cccc(C2(C(=O)N[C@H]3CC[C@@H](C(=O)O)C3)CCCC2)c1. The summed E-state index contributed by atoms with van der Waals surface area (Å²) in [5.41, 5.74) is 0.500. The standard InChI is InChI=1S/C19H25NO4/c1-24-16-6-4-5-14(12-16)19(9-2-3-10-19)18(23)20-15-8-7-13(11-15)17(21)22/h4-6,12-13,15H,2-3,7-11H2,1H3,(H,20,23)(H,21,22)/t13-,15+/m1/s1. The number of benzene rings is 1. The third-order valence-corrected chi connectivity index (χ3v) is 5.63. The van der Waals surface area contributed by atoms with E-state index < -0.39 is 11.4 Å². The fourth-order valence-electron chi connectivity index (χ4n) is 4.21. The molecule has 5 nitrogen and oxygen atoms in total. The Bertz CT molecular complexity index is 622. The maximum Gasteiger partial charge on any atom is 0.306 e. The van der Waals surface area contributed by atoms with Gasteiger partial charge >= 0.3 is 5.97 Å². The van der Waals surface area contributed by atoms with Gasteiger partial charge in [-0.2, -0.15) is 0 Å². The largest absolute Gasteiger partial charge is 0.497 e. The Hall–Kier alpha value is -2.04. The molecule has 0 aliphatic heterocycles. The van der Waals surface area contributed by atoms with E-state index in [4.69, 9.17) is 9.84 Å². The van der Waals surface area contributed by atoms with Crippen LogP contribution >= 0.6 is 0 Å². The van der Waals surface area contributed by atoms with Crippen LogP contribution in [0, 0.1) is 5.92 Å². The Morgan fingerprint density at radius 3 is 2.62 bits per heavy atom. The lowest BCUT2D eigenvalue weighted by Gasteiger charge is -2.30. The summed E-state index contributed by atoms with van der Waals surface area (Å²) >= 11 is 0. The van der Waals surface area contributed by atoms with Gasteiger partial charge in [0, 0.05) is 6.04 Å². The molecule has 2 aliphatic carbocycles. The van der Waals surface area contributed by atoms with Crippen LogP contribution in [-0.4, -0.2) is 30.1 Å². The molecule has 1 aromatic rings. The van der Waals surface area contributed by atoms with Crippen molar-refractivity contribution in [2.45, 2.75) is 56.4 Å². The van der Waals surface area contributed by atoms with Crippen LogP contribution in [0.4, 0.5) is 0 Å². The molecule has 1 aromatic carbocycles. The third kappa shape index (κ3) is 3.12. The third-order valence-electron chi connectivity index (χ3n) is 5.63. The van der Waals surface area contributed by atoms with E-state index in [0.717, 1.165) is 43.4 Å². The van der Waals surface area contributed by atoms with Crippen molar-refractivity contribution >= 4 is 11.9 Å². The summed E-state index contributed by atoms with van der Waals surface area (Å²) in [5, 5.41) is 12.3. The highest BCUT2D eigenvalue weighted by atomic mass is 16.5. The molecule has 0 bridgehead atoms. The summed E-state index contributed by atoms with van der Waals surface area (Å²) < 4.78 is 5.32. The maximum atomic E-state index is 13.1. The molecule has 0 unspecified atom stereocenters.